The van der Waals surface area contributed by atoms with E-state index in [0.29, 0.717) is 6.07 Å². The topological polar surface area (TPSA) is 77.2 Å². The second kappa shape index (κ2) is 5.96. The maximum absolute atomic E-state index is 13.9. The van der Waals surface area contributed by atoms with Crippen molar-refractivity contribution in [2.45, 2.75) is 18.6 Å². The molecule has 1 atom stereocenters. The zero-order valence-electron chi connectivity index (χ0n) is 11.2. The van der Waals surface area contributed by atoms with Crippen molar-refractivity contribution in [3.8, 4) is 0 Å². The molecule has 1 aromatic heterocycles. The zero-order valence-corrected chi connectivity index (χ0v) is 11.2. The standard InChI is InChI=1S/C13H13F2N3O3/c1-21-12(19)5-13(20,6-18-8-16-7-17-18)10-3-2-9(14)4-11(10)15/h2-4,7-8,20H,5-6H2,1H3. The Hall–Kier alpha value is -2.35. The minimum atomic E-state index is -1.93. The summed E-state index contributed by atoms with van der Waals surface area (Å²) in [5.74, 6) is -2.47. The quantitative estimate of drug-likeness (QED) is 0.833. The Bertz CT molecular complexity index is 634. The molecule has 0 amide bonds. The van der Waals surface area contributed by atoms with Crippen molar-refractivity contribution >= 4 is 5.97 Å². The highest BCUT2D eigenvalue weighted by molar-refractivity contribution is 5.70. The molecule has 1 unspecified atom stereocenters. The van der Waals surface area contributed by atoms with E-state index in [1.54, 1.807) is 0 Å². The molecule has 0 bridgehead atoms. The highest BCUT2D eigenvalue weighted by Crippen LogP contribution is 2.30. The van der Waals surface area contributed by atoms with E-state index in [4.69, 9.17) is 0 Å². The number of benzene rings is 1. The van der Waals surface area contributed by atoms with Gasteiger partial charge in [-0.1, -0.05) is 6.07 Å². The summed E-state index contributed by atoms with van der Waals surface area (Å²) in [5, 5.41) is 14.5. The van der Waals surface area contributed by atoms with Crippen LogP contribution in [0.5, 0.6) is 0 Å². The summed E-state index contributed by atoms with van der Waals surface area (Å²) in [7, 11) is 1.15. The van der Waals surface area contributed by atoms with E-state index < -0.39 is 29.6 Å². The van der Waals surface area contributed by atoms with Gasteiger partial charge in [0.2, 0.25) is 0 Å². The number of carbonyl (C=O) groups excluding carboxylic acids is 1. The number of aliphatic hydroxyl groups is 1. The molecule has 6 nitrogen and oxygen atoms in total. The van der Waals surface area contributed by atoms with Gasteiger partial charge in [0.05, 0.1) is 20.1 Å². The van der Waals surface area contributed by atoms with Gasteiger partial charge in [-0.3, -0.25) is 4.79 Å². The fourth-order valence-corrected chi connectivity index (χ4v) is 2.00. The number of halogens is 2. The normalized spacial score (nSPS) is 13.7. The van der Waals surface area contributed by atoms with E-state index in [0.717, 1.165) is 19.2 Å². The molecule has 1 N–H and O–H groups in total. The van der Waals surface area contributed by atoms with Crippen LogP contribution < -0.4 is 0 Å². The van der Waals surface area contributed by atoms with Gasteiger partial charge in [0.15, 0.2) is 0 Å². The van der Waals surface area contributed by atoms with Crippen LogP contribution in [0, 0.1) is 11.6 Å². The second-order valence-electron chi connectivity index (χ2n) is 4.50. The van der Waals surface area contributed by atoms with Crippen molar-refractivity contribution in [1.29, 1.82) is 0 Å². The number of esters is 1. The van der Waals surface area contributed by atoms with Crippen molar-refractivity contribution in [3.05, 3.63) is 48.1 Å². The number of aromatic nitrogens is 3. The molecule has 0 radical (unpaired) electrons. The Labute approximate surface area is 119 Å². The minimum Gasteiger partial charge on any atom is -0.469 e. The molecule has 112 valence electrons. The molecule has 2 rings (SSSR count). The minimum absolute atomic E-state index is 0.218. The van der Waals surface area contributed by atoms with Crippen LogP contribution in [-0.4, -0.2) is 33.0 Å². The fourth-order valence-electron chi connectivity index (χ4n) is 2.00. The largest absolute Gasteiger partial charge is 0.469 e. The SMILES string of the molecule is COC(=O)CC(O)(Cn1cncn1)c1ccc(F)cc1F. The molecule has 0 aliphatic carbocycles. The van der Waals surface area contributed by atoms with Gasteiger partial charge in [0.1, 0.15) is 29.9 Å². The average Bonchev–Trinajstić information content (AvgIpc) is 2.90. The van der Waals surface area contributed by atoms with Gasteiger partial charge in [0, 0.05) is 11.6 Å². The monoisotopic (exact) mass is 297 g/mol. The smallest absolute Gasteiger partial charge is 0.308 e. The predicted octanol–water partition coefficient (Wildman–Crippen LogP) is 1.01. The summed E-state index contributed by atoms with van der Waals surface area (Å²) in [5.41, 5.74) is -2.15. The third-order valence-electron chi connectivity index (χ3n) is 2.99. The number of methoxy groups -OCH3 is 1. The maximum Gasteiger partial charge on any atom is 0.308 e. The van der Waals surface area contributed by atoms with Gasteiger partial charge in [-0.2, -0.15) is 5.10 Å². The van der Waals surface area contributed by atoms with Gasteiger partial charge >= 0.3 is 5.97 Å². The lowest BCUT2D eigenvalue weighted by Crippen LogP contribution is -2.35. The molecule has 0 aliphatic rings. The molecule has 0 fully saturated rings. The molecule has 21 heavy (non-hydrogen) atoms. The first-order valence-electron chi connectivity index (χ1n) is 6.02. The van der Waals surface area contributed by atoms with Gasteiger partial charge in [-0.25, -0.2) is 18.4 Å². The van der Waals surface area contributed by atoms with Crippen LogP contribution in [0.4, 0.5) is 8.78 Å². The molecule has 8 heteroatoms. The van der Waals surface area contributed by atoms with E-state index >= 15 is 0 Å². The first-order chi connectivity index (χ1) is 9.94. The van der Waals surface area contributed by atoms with E-state index in [1.165, 1.54) is 17.3 Å². The van der Waals surface area contributed by atoms with E-state index in [2.05, 4.69) is 14.8 Å². The number of rotatable bonds is 5. The number of ether oxygens (including phenoxy) is 1. The summed E-state index contributed by atoms with van der Waals surface area (Å²) in [6, 6.07) is 2.73. The average molecular weight is 297 g/mol. The van der Waals surface area contributed by atoms with E-state index in [9.17, 15) is 18.7 Å². The Balaban J connectivity index is 2.41. The van der Waals surface area contributed by atoms with Gasteiger partial charge in [-0.15, -0.1) is 0 Å². The van der Waals surface area contributed by atoms with Crippen molar-refractivity contribution < 1.29 is 23.4 Å². The second-order valence-corrected chi connectivity index (χ2v) is 4.50. The number of nitrogens with zero attached hydrogens (tertiary/aromatic N) is 3. The number of hydrogen-bond donors (Lipinski definition) is 1. The summed E-state index contributed by atoms with van der Waals surface area (Å²) >= 11 is 0. The molecule has 2 aromatic rings. The van der Waals surface area contributed by atoms with Crippen LogP contribution in [-0.2, 0) is 21.7 Å². The van der Waals surface area contributed by atoms with Crippen LogP contribution in [0.25, 0.3) is 0 Å². The Morgan fingerprint density at radius 1 is 1.48 bits per heavy atom. The van der Waals surface area contributed by atoms with Crippen molar-refractivity contribution in [3.63, 3.8) is 0 Å². The maximum atomic E-state index is 13.9. The first kappa shape index (κ1) is 15.0. The molecular formula is C13H13F2N3O3. The molecular weight excluding hydrogens is 284 g/mol. The Morgan fingerprint density at radius 2 is 2.24 bits per heavy atom. The Morgan fingerprint density at radius 3 is 2.81 bits per heavy atom. The zero-order chi connectivity index (χ0) is 15.5. The van der Waals surface area contributed by atoms with E-state index in [1.807, 2.05) is 0 Å². The highest BCUT2D eigenvalue weighted by Gasteiger charge is 2.36. The third-order valence-corrected chi connectivity index (χ3v) is 2.99. The van der Waals surface area contributed by atoms with Crippen LogP contribution in [0.1, 0.15) is 12.0 Å². The van der Waals surface area contributed by atoms with Crippen molar-refractivity contribution in [2.75, 3.05) is 7.11 Å². The number of carbonyl (C=O) groups is 1. The van der Waals surface area contributed by atoms with Crippen LogP contribution in [0.3, 0.4) is 0 Å². The van der Waals surface area contributed by atoms with Crippen LogP contribution >= 0.6 is 0 Å². The van der Waals surface area contributed by atoms with Crippen molar-refractivity contribution in [2.24, 2.45) is 0 Å². The highest BCUT2D eigenvalue weighted by atomic mass is 19.1. The van der Waals surface area contributed by atoms with Gasteiger partial charge in [-0.05, 0) is 6.07 Å². The van der Waals surface area contributed by atoms with E-state index in [-0.39, 0.29) is 12.1 Å². The molecule has 1 aromatic carbocycles. The summed E-state index contributed by atoms with van der Waals surface area (Å²) in [6.07, 6.45) is 2.04. The summed E-state index contributed by atoms with van der Waals surface area (Å²) < 4.78 is 32.7. The molecule has 0 saturated carbocycles. The fraction of sp³-hybridized carbons (Fsp3) is 0.308. The first-order valence-corrected chi connectivity index (χ1v) is 6.02. The molecule has 0 saturated heterocycles. The van der Waals surface area contributed by atoms with Crippen molar-refractivity contribution in [1.82, 2.24) is 14.8 Å². The lowest BCUT2D eigenvalue weighted by atomic mass is 9.89. The Kier molecular flexibility index (Phi) is 4.27. The molecule has 0 aliphatic heterocycles. The van der Waals surface area contributed by atoms with Crippen LogP contribution in [0.2, 0.25) is 0 Å². The lowest BCUT2D eigenvalue weighted by Gasteiger charge is -2.27. The van der Waals surface area contributed by atoms with Crippen LogP contribution in [0.15, 0.2) is 30.9 Å². The molecule has 1 heterocycles. The number of hydrogen-bond acceptors (Lipinski definition) is 5. The summed E-state index contributed by atoms with van der Waals surface area (Å²) in [4.78, 5) is 15.2. The predicted molar refractivity (Wildman–Crippen MR) is 66.9 cm³/mol. The van der Waals surface area contributed by atoms with Gasteiger partial charge < -0.3 is 9.84 Å². The summed E-state index contributed by atoms with van der Waals surface area (Å²) in [6.45, 7) is -0.231. The molecule has 0 spiro atoms. The van der Waals surface area contributed by atoms with Gasteiger partial charge in [0.25, 0.3) is 0 Å². The third kappa shape index (κ3) is 3.40. The lowest BCUT2D eigenvalue weighted by molar-refractivity contribution is -0.147.